The maximum Gasteiger partial charge on any atom is 0.270 e. The zero-order valence-corrected chi connectivity index (χ0v) is 18.2. The van der Waals surface area contributed by atoms with Crippen LogP contribution in [0, 0.1) is 0 Å². The average Bonchev–Trinajstić information content (AvgIpc) is 2.88. The Balaban J connectivity index is 1.41. The minimum Gasteiger partial charge on any atom is -0.379 e. The van der Waals surface area contributed by atoms with E-state index in [2.05, 4.69) is 34.5 Å². The highest BCUT2D eigenvalue weighted by molar-refractivity contribution is 5.98. The minimum absolute atomic E-state index is 0.403. The van der Waals surface area contributed by atoms with Gasteiger partial charge < -0.3 is 10.1 Å². The van der Waals surface area contributed by atoms with Crippen molar-refractivity contribution in [1.82, 2.24) is 15.7 Å². The molecule has 4 rings (SSSR count). The van der Waals surface area contributed by atoms with Gasteiger partial charge in [0, 0.05) is 25.2 Å². The lowest BCUT2D eigenvalue weighted by Crippen LogP contribution is -2.39. The summed E-state index contributed by atoms with van der Waals surface area (Å²) >= 11 is 0. The van der Waals surface area contributed by atoms with Crippen LogP contribution in [0.3, 0.4) is 0 Å². The van der Waals surface area contributed by atoms with Gasteiger partial charge in [0.05, 0.1) is 13.2 Å². The molecule has 1 fully saturated rings. The van der Waals surface area contributed by atoms with Crippen LogP contribution < -0.4 is 10.8 Å². The van der Waals surface area contributed by atoms with Gasteiger partial charge in [-0.2, -0.15) is 0 Å². The normalized spacial score (nSPS) is 14.9. The maximum atomic E-state index is 12.7. The third-order valence-electron chi connectivity index (χ3n) is 5.72. The van der Waals surface area contributed by atoms with E-state index in [4.69, 9.17) is 9.94 Å². The molecule has 1 aliphatic rings. The number of nitrogens with zero attached hydrogens (tertiary/aromatic N) is 1. The van der Waals surface area contributed by atoms with Crippen LogP contribution in [0.25, 0.3) is 11.1 Å². The van der Waals surface area contributed by atoms with Crippen molar-refractivity contribution in [3.05, 3.63) is 95.6 Å². The van der Waals surface area contributed by atoms with E-state index >= 15 is 0 Å². The summed E-state index contributed by atoms with van der Waals surface area (Å²) in [5.74, 6) is -1.11. The van der Waals surface area contributed by atoms with Crippen molar-refractivity contribution < 1.29 is 19.5 Å². The first-order valence-corrected chi connectivity index (χ1v) is 10.9. The highest BCUT2D eigenvalue weighted by Gasteiger charge is 2.23. The van der Waals surface area contributed by atoms with Crippen molar-refractivity contribution in [2.24, 2.45) is 0 Å². The lowest BCUT2D eigenvalue weighted by atomic mass is 10.0. The van der Waals surface area contributed by atoms with Gasteiger partial charge in [-0.1, -0.05) is 66.7 Å². The summed E-state index contributed by atoms with van der Waals surface area (Å²) in [6.45, 7) is 4.39. The first kappa shape index (κ1) is 22.7. The first-order chi connectivity index (χ1) is 16.1. The average molecular weight is 446 g/mol. The molecule has 7 nitrogen and oxygen atoms in total. The van der Waals surface area contributed by atoms with Crippen LogP contribution in [-0.2, 0) is 16.1 Å². The molecule has 170 valence electrons. The number of carbonyl (C=O) groups is 2. The summed E-state index contributed by atoms with van der Waals surface area (Å²) < 4.78 is 5.40. The van der Waals surface area contributed by atoms with Crippen LogP contribution in [0.5, 0.6) is 0 Å². The monoisotopic (exact) mass is 445 g/mol. The van der Waals surface area contributed by atoms with Crippen molar-refractivity contribution >= 4 is 11.8 Å². The molecule has 7 heteroatoms. The molecule has 1 saturated heterocycles. The second-order valence-corrected chi connectivity index (χ2v) is 7.96. The largest absolute Gasteiger partial charge is 0.379 e. The lowest BCUT2D eigenvalue weighted by Gasteiger charge is -2.26. The maximum absolute atomic E-state index is 12.7. The van der Waals surface area contributed by atoms with E-state index in [9.17, 15) is 9.59 Å². The van der Waals surface area contributed by atoms with Gasteiger partial charge in [-0.25, -0.2) is 5.48 Å². The zero-order chi connectivity index (χ0) is 23.0. The minimum atomic E-state index is -0.998. The van der Waals surface area contributed by atoms with Gasteiger partial charge >= 0.3 is 0 Å². The van der Waals surface area contributed by atoms with Crippen LogP contribution in [0.4, 0.5) is 0 Å². The zero-order valence-electron chi connectivity index (χ0n) is 18.2. The van der Waals surface area contributed by atoms with Crippen LogP contribution in [0.2, 0.25) is 0 Å². The SMILES string of the molecule is O=C(N[C@H](C(=O)NO)c1ccccc1)c1ccc(-c2ccc(CN3CCOCC3)cc2)cc1. The van der Waals surface area contributed by atoms with Crippen LogP contribution in [0.1, 0.15) is 27.5 Å². The Labute approximate surface area is 193 Å². The standard InChI is InChI=1S/C26H27N3O4/c30-25(27-24(26(31)28-32)22-4-2-1-3-5-22)23-12-10-21(11-13-23)20-8-6-19(7-9-20)18-29-14-16-33-17-15-29/h1-13,24,32H,14-18H2,(H,27,30)(H,28,31)/t24-/m0/s1. The Morgan fingerprint density at radius 3 is 2.09 bits per heavy atom. The number of hydroxylamine groups is 1. The van der Waals surface area contributed by atoms with E-state index in [1.54, 1.807) is 41.9 Å². The highest BCUT2D eigenvalue weighted by Crippen LogP contribution is 2.22. The van der Waals surface area contributed by atoms with E-state index in [-0.39, 0.29) is 0 Å². The van der Waals surface area contributed by atoms with Crippen molar-refractivity contribution in [3.8, 4) is 11.1 Å². The quantitative estimate of drug-likeness (QED) is 0.384. The smallest absolute Gasteiger partial charge is 0.270 e. The van der Waals surface area contributed by atoms with Crippen LogP contribution >= 0.6 is 0 Å². The molecule has 0 radical (unpaired) electrons. The molecule has 3 aromatic carbocycles. The predicted octanol–water partition coefficient (Wildman–Crippen LogP) is 3.16. The van der Waals surface area contributed by atoms with Gasteiger partial charge in [0.15, 0.2) is 0 Å². The third-order valence-corrected chi connectivity index (χ3v) is 5.72. The van der Waals surface area contributed by atoms with Gasteiger partial charge in [-0.05, 0) is 34.4 Å². The number of rotatable bonds is 7. The number of hydrogen-bond donors (Lipinski definition) is 3. The molecule has 0 aliphatic carbocycles. The second kappa shape index (κ2) is 10.9. The number of morpholine rings is 1. The van der Waals surface area contributed by atoms with Gasteiger partial charge in [0.1, 0.15) is 6.04 Å². The molecule has 0 bridgehead atoms. The Bertz CT molecular complexity index is 1060. The molecule has 1 atom stereocenters. The fourth-order valence-corrected chi connectivity index (χ4v) is 3.86. The molecule has 1 aliphatic heterocycles. The Kier molecular flexibility index (Phi) is 7.47. The molecule has 0 unspecified atom stereocenters. The Morgan fingerprint density at radius 2 is 1.48 bits per heavy atom. The molecular weight excluding hydrogens is 418 g/mol. The van der Waals surface area contributed by atoms with E-state index in [1.165, 1.54) is 5.56 Å². The number of hydrogen-bond acceptors (Lipinski definition) is 5. The summed E-state index contributed by atoms with van der Waals surface area (Å²) in [6, 6.07) is 23.4. The molecule has 33 heavy (non-hydrogen) atoms. The van der Waals surface area contributed by atoms with Crippen LogP contribution in [0.15, 0.2) is 78.9 Å². The van der Waals surface area contributed by atoms with Crippen molar-refractivity contribution in [3.63, 3.8) is 0 Å². The van der Waals surface area contributed by atoms with Gasteiger partial charge in [0.2, 0.25) is 0 Å². The molecule has 1 heterocycles. The summed E-state index contributed by atoms with van der Waals surface area (Å²) in [4.78, 5) is 27.2. The van der Waals surface area contributed by atoms with Crippen molar-refractivity contribution in [1.29, 1.82) is 0 Å². The molecule has 3 N–H and O–H groups in total. The van der Waals surface area contributed by atoms with E-state index < -0.39 is 17.9 Å². The first-order valence-electron chi connectivity index (χ1n) is 10.9. The molecule has 2 amide bonds. The summed E-state index contributed by atoms with van der Waals surface area (Å²) in [6.07, 6.45) is 0. The fourth-order valence-electron chi connectivity index (χ4n) is 3.86. The Morgan fingerprint density at radius 1 is 0.879 bits per heavy atom. The van der Waals surface area contributed by atoms with Crippen molar-refractivity contribution in [2.75, 3.05) is 26.3 Å². The van der Waals surface area contributed by atoms with E-state index in [0.29, 0.717) is 11.1 Å². The van der Waals surface area contributed by atoms with Crippen LogP contribution in [-0.4, -0.2) is 48.2 Å². The topological polar surface area (TPSA) is 90.9 Å². The third kappa shape index (κ3) is 5.84. The van der Waals surface area contributed by atoms with Gasteiger partial charge in [0.25, 0.3) is 11.8 Å². The second-order valence-electron chi connectivity index (χ2n) is 7.96. The molecular formula is C26H27N3O4. The number of carbonyl (C=O) groups excluding carboxylic acids is 2. The predicted molar refractivity (Wildman–Crippen MR) is 125 cm³/mol. The highest BCUT2D eigenvalue weighted by atomic mass is 16.5. The summed E-state index contributed by atoms with van der Waals surface area (Å²) in [7, 11) is 0. The molecule has 0 spiro atoms. The molecule has 0 aromatic heterocycles. The fraction of sp³-hybridized carbons (Fsp3) is 0.231. The lowest BCUT2D eigenvalue weighted by molar-refractivity contribution is -0.131. The Hall–Kier alpha value is -3.52. The number of nitrogens with one attached hydrogen (secondary N) is 2. The summed E-state index contributed by atoms with van der Waals surface area (Å²) in [5.41, 5.74) is 5.94. The number of benzene rings is 3. The van der Waals surface area contributed by atoms with E-state index in [0.717, 1.165) is 44.0 Å². The van der Waals surface area contributed by atoms with Gasteiger partial charge in [-0.3, -0.25) is 19.7 Å². The number of amides is 2. The molecule has 0 saturated carbocycles. The molecule has 3 aromatic rings. The van der Waals surface area contributed by atoms with Gasteiger partial charge in [-0.15, -0.1) is 0 Å². The number of ether oxygens (including phenoxy) is 1. The summed E-state index contributed by atoms with van der Waals surface area (Å²) in [5, 5.41) is 11.7. The van der Waals surface area contributed by atoms with E-state index in [1.807, 2.05) is 18.2 Å². The van der Waals surface area contributed by atoms with Crippen molar-refractivity contribution in [2.45, 2.75) is 12.6 Å².